The number of aromatic carboxylic acids is 1. The second kappa shape index (κ2) is 4.69. The number of carbonyl (C=O) groups is 3. The number of carbonyl (C=O) groups excluding carboxylic acids is 2. The smallest absolute Gasteiger partial charge is 0.335 e. The predicted octanol–water partition coefficient (Wildman–Crippen LogP) is 0.309. The Labute approximate surface area is 107 Å². The molecule has 94 valence electrons. The highest BCUT2D eigenvalue weighted by atomic mass is 32.2. The SMILES string of the molecule is NC(=O)CN1C(=O)CSc2ccc(C(=O)O)cc21. The Balaban J connectivity index is 2.46. The highest BCUT2D eigenvalue weighted by Crippen LogP contribution is 2.35. The van der Waals surface area contributed by atoms with Crippen LogP contribution in [0.25, 0.3) is 0 Å². The Morgan fingerprint density at radius 3 is 2.78 bits per heavy atom. The average molecular weight is 266 g/mol. The Morgan fingerprint density at radius 1 is 1.44 bits per heavy atom. The van der Waals surface area contributed by atoms with Gasteiger partial charge in [-0.2, -0.15) is 0 Å². The number of primary amides is 1. The molecule has 2 rings (SSSR count). The Morgan fingerprint density at radius 2 is 2.17 bits per heavy atom. The molecule has 1 aromatic carbocycles. The van der Waals surface area contributed by atoms with Gasteiger partial charge in [0, 0.05) is 4.90 Å². The van der Waals surface area contributed by atoms with E-state index < -0.39 is 11.9 Å². The zero-order valence-electron chi connectivity index (χ0n) is 9.25. The van der Waals surface area contributed by atoms with Gasteiger partial charge in [-0.25, -0.2) is 4.79 Å². The fourth-order valence-corrected chi connectivity index (χ4v) is 2.58. The molecule has 7 heteroatoms. The Kier molecular flexibility index (Phi) is 3.24. The van der Waals surface area contributed by atoms with Gasteiger partial charge in [0.05, 0.1) is 17.0 Å². The summed E-state index contributed by atoms with van der Waals surface area (Å²) in [7, 11) is 0. The molecular weight excluding hydrogens is 256 g/mol. The molecule has 0 saturated heterocycles. The summed E-state index contributed by atoms with van der Waals surface area (Å²) in [5.74, 6) is -1.76. The van der Waals surface area contributed by atoms with E-state index in [2.05, 4.69) is 0 Å². The number of carboxylic acid groups (broad SMARTS) is 1. The van der Waals surface area contributed by atoms with Crippen molar-refractivity contribution in [1.29, 1.82) is 0 Å². The number of fused-ring (bicyclic) bond motifs is 1. The third-order valence-electron chi connectivity index (χ3n) is 2.46. The molecule has 0 bridgehead atoms. The van der Waals surface area contributed by atoms with Crippen molar-refractivity contribution in [3.63, 3.8) is 0 Å². The number of nitrogens with two attached hydrogens (primary N) is 1. The van der Waals surface area contributed by atoms with Gasteiger partial charge < -0.3 is 15.7 Å². The Bertz CT molecular complexity index is 544. The van der Waals surface area contributed by atoms with Crippen LogP contribution in [0.5, 0.6) is 0 Å². The lowest BCUT2D eigenvalue weighted by atomic mass is 10.2. The fourth-order valence-electron chi connectivity index (χ4n) is 1.66. The van der Waals surface area contributed by atoms with E-state index in [1.807, 2.05) is 0 Å². The van der Waals surface area contributed by atoms with Crippen LogP contribution in [0, 0.1) is 0 Å². The first kappa shape index (κ1) is 12.4. The number of nitrogens with zero attached hydrogens (tertiary/aromatic N) is 1. The highest BCUT2D eigenvalue weighted by molar-refractivity contribution is 8.00. The summed E-state index contributed by atoms with van der Waals surface area (Å²) < 4.78 is 0. The van der Waals surface area contributed by atoms with Gasteiger partial charge in [0.15, 0.2) is 0 Å². The van der Waals surface area contributed by atoms with Crippen molar-refractivity contribution in [2.24, 2.45) is 5.73 Å². The van der Waals surface area contributed by atoms with Gasteiger partial charge in [0.25, 0.3) is 0 Å². The van der Waals surface area contributed by atoms with Crippen LogP contribution >= 0.6 is 11.8 Å². The molecule has 0 radical (unpaired) electrons. The van der Waals surface area contributed by atoms with Crippen LogP contribution in [0.3, 0.4) is 0 Å². The van der Waals surface area contributed by atoms with Gasteiger partial charge in [-0.1, -0.05) is 0 Å². The van der Waals surface area contributed by atoms with E-state index in [0.717, 1.165) is 4.90 Å². The molecule has 0 aromatic heterocycles. The molecule has 0 spiro atoms. The maximum atomic E-state index is 11.7. The lowest BCUT2D eigenvalue weighted by Gasteiger charge is -2.28. The molecule has 6 nitrogen and oxygen atoms in total. The number of hydrogen-bond donors (Lipinski definition) is 2. The third-order valence-corrected chi connectivity index (χ3v) is 3.51. The second-order valence-corrected chi connectivity index (χ2v) is 4.74. The number of hydrogen-bond acceptors (Lipinski definition) is 4. The predicted molar refractivity (Wildman–Crippen MR) is 65.7 cm³/mol. The number of carboxylic acids is 1. The summed E-state index contributed by atoms with van der Waals surface area (Å²) in [6.45, 7) is -0.241. The minimum Gasteiger partial charge on any atom is -0.478 e. The van der Waals surface area contributed by atoms with Crippen molar-refractivity contribution >= 4 is 35.2 Å². The van der Waals surface area contributed by atoms with Crippen molar-refractivity contribution in [2.45, 2.75) is 4.90 Å². The van der Waals surface area contributed by atoms with Gasteiger partial charge in [-0.05, 0) is 18.2 Å². The number of rotatable bonds is 3. The number of amides is 2. The van der Waals surface area contributed by atoms with Crippen molar-refractivity contribution in [1.82, 2.24) is 0 Å². The Hall–Kier alpha value is -2.02. The van der Waals surface area contributed by atoms with E-state index in [1.54, 1.807) is 6.07 Å². The lowest BCUT2D eigenvalue weighted by Crippen LogP contribution is -2.41. The molecule has 2 amide bonds. The van der Waals surface area contributed by atoms with E-state index in [1.165, 1.54) is 28.8 Å². The molecule has 1 aliphatic heterocycles. The van der Waals surface area contributed by atoms with Crippen LogP contribution in [0.15, 0.2) is 23.1 Å². The molecule has 3 N–H and O–H groups in total. The fraction of sp³-hybridized carbons (Fsp3) is 0.182. The molecule has 0 fully saturated rings. The third kappa shape index (κ3) is 2.30. The largest absolute Gasteiger partial charge is 0.478 e. The van der Waals surface area contributed by atoms with E-state index in [4.69, 9.17) is 10.8 Å². The summed E-state index contributed by atoms with van der Waals surface area (Å²) in [6.07, 6.45) is 0. The molecule has 0 atom stereocenters. The minimum absolute atomic E-state index is 0.0681. The monoisotopic (exact) mass is 266 g/mol. The maximum Gasteiger partial charge on any atom is 0.335 e. The van der Waals surface area contributed by atoms with Crippen molar-refractivity contribution in [2.75, 3.05) is 17.2 Å². The molecular formula is C11H10N2O4S. The van der Waals surface area contributed by atoms with Gasteiger partial charge >= 0.3 is 5.97 Å². The highest BCUT2D eigenvalue weighted by Gasteiger charge is 2.26. The zero-order valence-corrected chi connectivity index (χ0v) is 10.1. The molecule has 0 saturated carbocycles. The summed E-state index contributed by atoms with van der Waals surface area (Å²) in [4.78, 5) is 35.6. The van der Waals surface area contributed by atoms with Gasteiger partial charge in [0.2, 0.25) is 11.8 Å². The van der Waals surface area contributed by atoms with Crippen LogP contribution in [0.4, 0.5) is 5.69 Å². The van der Waals surface area contributed by atoms with E-state index >= 15 is 0 Å². The molecule has 1 aromatic rings. The minimum atomic E-state index is -1.08. The number of benzene rings is 1. The summed E-state index contributed by atoms with van der Waals surface area (Å²) in [5.41, 5.74) is 5.58. The first-order valence-electron chi connectivity index (χ1n) is 5.08. The second-order valence-electron chi connectivity index (χ2n) is 3.72. The van der Waals surface area contributed by atoms with E-state index in [-0.39, 0.29) is 23.8 Å². The first-order chi connectivity index (χ1) is 8.49. The molecule has 1 heterocycles. The van der Waals surface area contributed by atoms with Gasteiger partial charge in [-0.3, -0.25) is 9.59 Å². The first-order valence-corrected chi connectivity index (χ1v) is 6.06. The normalized spacial score (nSPS) is 14.2. The molecule has 0 aliphatic carbocycles. The number of thioether (sulfide) groups is 1. The van der Waals surface area contributed by atoms with Gasteiger partial charge in [0.1, 0.15) is 6.54 Å². The standard InChI is InChI=1S/C11H10N2O4S/c12-9(14)4-13-7-3-6(11(16)17)1-2-8(7)18-5-10(13)15/h1-3H,4-5H2,(H2,12,14)(H,16,17). The lowest BCUT2D eigenvalue weighted by molar-refractivity contribution is -0.121. The van der Waals surface area contributed by atoms with Crippen molar-refractivity contribution in [3.8, 4) is 0 Å². The zero-order chi connectivity index (χ0) is 13.3. The summed E-state index contributed by atoms with van der Waals surface area (Å²) in [5, 5.41) is 8.92. The van der Waals surface area contributed by atoms with Crippen molar-refractivity contribution in [3.05, 3.63) is 23.8 Å². The molecule has 1 aliphatic rings. The van der Waals surface area contributed by atoms with Crippen LogP contribution < -0.4 is 10.6 Å². The van der Waals surface area contributed by atoms with E-state index in [9.17, 15) is 14.4 Å². The van der Waals surface area contributed by atoms with Crippen LogP contribution in [0.1, 0.15) is 10.4 Å². The average Bonchev–Trinajstić information content (AvgIpc) is 2.31. The van der Waals surface area contributed by atoms with Crippen LogP contribution in [-0.2, 0) is 9.59 Å². The molecule has 0 unspecified atom stereocenters. The van der Waals surface area contributed by atoms with Crippen LogP contribution in [-0.4, -0.2) is 35.2 Å². The molecule has 18 heavy (non-hydrogen) atoms. The topological polar surface area (TPSA) is 101 Å². The summed E-state index contributed by atoms with van der Waals surface area (Å²) in [6, 6.07) is 4.47. The van der Waals surface area contributed by atoms with E-state index in [0.29, 0.717) is 5.69 Å². The number of anilines is 1. The van der Waals surface area contributed by atoms with Gasteiger partial charge in [-0.15, -0.1) is 11.8 Å². The summed E-state index contributed by atoms with van der Waals surface area (Å²) >= 11 is 1.31. The maximum absolute atomic E-state index is 11.7. The quantitative estimate of drug-likeness (QED) is 0.820. The van der Waals surface area contributed by atoms with Crippen molar-refractivity contribution < 1.29 is 19.5 Å². The van der Waals surface area contributed by atoms with Crippen LogP contribution in [0.2, 0.25) is 0 Å².